The number of aromatic hydroxyl groups is 1. The first-order valence-electron chi connectivity index (χ1n) is 6.65. The summed E-state index contributed by atoms with van der Waals surface area (Å²) in [4.78, 5) is 0. The predicted molar refractivity (Wildman–Crippen MR) is 67.8 cm³/mol. The van der Waals surface area contributed by atoms with Crippen LogP contribution in [0.1, 0.15) is 62.8 Å². The van der Waals surface area contributed by atoms with Gasteiger partial charge in [0.25, 0.3) is 0 Å². The van der Waals surface area contributed by atoms with Crippen molar-refractivity contribution < 1.29 is 42.4 Å². The van der Waals surface area contributed by atoms with Crippen LogP contribution in [0, 0.1) is 37.3 Å². The zero-order valence-electron chi connectivity index (χ0n) is 10.3. The average molecular weight is 386 g/mol. The monoisotopic (exact) mass is 384 g/mol. The molecule has 2 heteroatoms. The fourth-order valence-corrected chi connectivity index (χ4v) is 2.71. The number of rotatable bonds is 1. The minimum Gasteiger partial charge on any atom is -0.508 e. The number of hydrogen-bond acceptors (Lipinski definition) is 1. The summed E-state index contributed by atoms with van der Waals surface area (Å²) in [5, 5.41) is 9.30. The normalized spacial score (nSPS) is 18.6. The first-order valence-corrected chi connectivity index (χ1v) is 6.65. The molecular formula is C15H22ErO. The van der Waals surface area contributed by atoms with Gasteiger partial charge in [-0.25, -0.2) is 0 Å². The first kappa shape index (κ1) is 15.3. The number of phenols is 1. The van der Waals surface area contributed by atoms with Crippen LogP contribution < -0.4 is 0 Å². The van der Waals surface area contributed by atoms with Gasteiger partial charge >= 0.3 is 0 Å². The maximum absolute atomic E-state index is 9.30. The Kier molecular flexibility index (Phi) is 7.56. The van der Waals surface area contributed by atoms with Gasteiger partial charge in [-0.3, -0.25) is 0 Å². The zero-order chi connectivity index (χ0) is 11.2. The summed E-state index contributed by atoms with van der Waals surface area (Å²) in [6.07, 6.45) is 11.0. The van der Waals surface area contributed by atoms with E-state index in [-0.39, 0.29) is 37.3 Å². The van der Waals surface area contributed by atoms with E-state index in [1.54, 1.807) is 0 Å². The van der Waals surface area contributed by atoms with Gasteiger partial charge in [-0.2, -0.15) is 0 Å². The molecule has 1 aliphatic rings. The molecule has 0 saturated heterocycles. The van der Waals surface area contributed by atoms with Crippen molar-refractivity contribution in [3.8, 4) is 5.75 Å². The van der Waals surface area contributed by atoms with Crippen molar-refractivity contribution in [1.29, 1.82) is 0 Å². The quantitative estimate of drug-likeness (QED) is 0.748. The summed E-state index contributed by atoms with van der Waals surface area (Å²) >= 11 is 0. The van der Waals surface area contributed by atoms with Gasteiger partial charge in [-0.05, 0) is 36.5 Å². The van der Waals surface area contributed by atoms with Crippen molar-refractivity contribution in [3.05, 3.63) is 29.8 Å². The van der Waals surface area contributed by atoms with Crippen LogP contribution in [0.4, 0.5) is 0 Å². The minimum absolute atomic E-state index is 0. The summed E-state index contributed by atoms with van der Waals surface area (Å²) in [6, 6.07) is 7.83. The molecule has 1 nitrogen and oxygen atoms in total. The molecule has 17 heavy (non-hydrogen) atoms. The maximum atomic E-state index is 9.30. The van der Waals surface area contributed by atoms with Gasteiger partial charge in [0.1, 0.15) is 5.75 Å². The fourth-order valence-electron chi connectivity index (χ4n) is 2.71. The van der Waals surface area contributed by atoms with Gasteiger partial charge < -0.3 is 5.11 Å². The average Bonchev–Trinajstić information content (AvgIpc) is 2.43. The Morgan fingerprint density at radius 1 is 0.765 bits per heavy atom. The molecule has 1 saturated carbocycles. The summed E-state index contributed by atoms with van der Waals surface area (Å²) in [5.74, 6) is 1.10. The van der Waals surface area contributed by atoms with Gasteiger partial charge in [0, 0.05) is 37.3 Å². The van der Waals surface area contributed by atoms with Gasteiger partial charge in [-0.15, -0.1) is 0 Å². The summed E-state index contributed by atoms with van der Waals surface area (Å²) < 4.78 is 0. The van der Waals surface area contributed by atoms with Crippen LogP contribution in [0.2, 0.25) is 0 Å². The summed E-state index contributed by atoms with van der Waals surface area (Å²) in [6.45, 7) is 0. The smallest absolute Gasteiger partial charge is 0.115 e. The van der Waals surface area contributed by atoms with Crippen molar-refractivity contribution in [2.75, 3.05) is 0 Å². The van der Waals surface area contributed by atoms with Crippen LogP contribution in [-0.4, -0.2) is 5.11 Å². The molecule has 0 spiro atoms. The van der Waals surface area contributed by atoms with E-state index in [1.165, 1.54) is 56.9 Å². The van der Waals surface area contributed by atoms with Crippen LogP contribution in [0.15, 0.2) is 24.3 Å². The molecule has 0 bridgehead atoms. The van der Waals surface area contributed by atoms with Gasteiger partial charge in [0.05, 0.1) is 0 Å². The van der Waals surface area contributed by atoms with Crippen LogP contribution in [-0.2, 0) is 0 Å². The van der Waals surface area contributed by atoms with Crippen molar-refractivity contribution in [1.82, 2.24) is 0 Å². The van der Waals surface area contributed by atoms with Gasteiger partial charge in [0.2, 0.25) is 0 Å². The molecular weight excluding hydrogens is 363 g/mol. The minimum atomic E-state index is 0. The molecule has 2 rings (SSSR count). The van der Waals surface area contributed by atoms with Crippen molar-refractivity contribution in [2.24, 2.45) is 0 Å². The molecule has 0 unspecified atom stereocenters. The Morgan fingerprint density at radius 2 is 1.24 bits per heavy atom. The van der Waals surface area contributed by atoms with Crippen LogP contribution >= 0.6 is 0 Å². The number of phenolic OH excluding ortho intramolecular Hbond substituents is 1. The molecule has 0 amide bonds. The van der Waals surface area contributed by atoms with E-state index in [0.717, 1.165) is 5.92 Å². The molecule has 1 aromatic carbocycles. The summed E-state index contributed by atoms with van der Waals surface area (Å²) in [5.41, 5.74) is 1.42. The van der Waals surface area contributed by atoms with Crippen molar-refractivity contribution >= 4 is 0 Å². The van der Waals surface area contributed by atoms with E-state index in [2.05, 4.69) is 12.1 Å². The second kappa shape index (κ2) is 8.38. The van der Waals surface area contributed by atoms with Crippen LogP contribution in [0.25, 0.3) is 0 Å². The number of hydrogen-bond donors (Lipinski definition) is 1. The maximum Gasteiger partial charge on any atom is 0.115 e. The topological polar surface area (TPSA) is 20.2 Å². The molecule has 100 valence electrons. The Morgan fingerprint density at radius 3 is 1.76 bits per heavy atom. The third-order valence-corrected chi connectivity index (χ3v) is 3.72. The van der Waals surface area contributed by atoms with E-state index in [0.29, 0.717) is 5.75 Å². The predicted octanol–water partition coefficient (Wildman–Crippen LogP) is 4.61. The third-order valence-electron chi connectivity index (χ3n) is 3.72. The Labute approximate surface area is 134 Å². The largest absolute Gasteiger partial charge is 0.508 e. The summed E-state index contributed by atoms with van der Waals surface area (Å²) in [7, 11) is 0. The van der Waals surface area contributed by atoms with Crippen LogP contribution in [0.5, 0.6) is 5.75 Å². The van der Waals surface area contributed by atoms with Crippen molar-refractivity contribution in [3.63, 3.8) is 0 Å². The number of benzene rings is 1. The molecule has 0 aliphatic heterocycles. The van der Waals surface area contributed by atoms with E-state index in [4.69, 9.17) is 0 Å². The molecule has 0 heterocycles. The third kappa shape index (κ3) is 5.19. The molecule has 1 N–H and O–H groups in total. The Bertz CT molecular complexity index is 297. The second-order valence-electron chi connectivity index (χ2n) is 4.99. The van der Waals surface area contributed by atoms with E-state index < -0.39 is 0 Å². The standard InChI is InChI=1S/C15H22O.Er/c16-15-11-9-14(10-12-15)13-7-5-3-1-2-4-6-8-13;/h9-13,16H,1-8H2;. The van der Waals surface area contributed by atoms with Crippen molar-refractivity contribution in [2.45, 2.75) is 57.3 Å². The zero-order valence-corrected chi connectivity index (χ0v) is 12.1. The second-order valence-corrected chi connectivity index (χ2v) is 4.99. The fraction of sp³-hybridized carbons (Fsp3) is 0.600. The first-order chi connectivity index (χ1) is 7.86. The van der Waals surface area contributed by atoms with Gasteiger partial charge in [-0.1, -0.05) is 50.7 Å². The van der Waals surface area contributed by atoms with E-state index in [9.17, 15) is 5.11 Å². The molecule has 1 aliphatic carbocycles. The van der Waals surface area contributed by atoms with E-state index in [1.807, 2.05) is 12.1 Å². The van der Waals surface area contributed by atoms with Gasteiger partial charge in [0.15, 0.2) is 0 Å². The van der Waals surface area contributed by atoms with E-state index >= 15 is 0 Å². The van der Waals surface area contributed by atoms with Crippen LogP contribution in [0.3, 0.4) is 0 Å². The SMILES string of the molecule is Oc1ccc(C2CCCCCCCC2)cc1.[Er]. The Hall–Kier alpha value is 0.267. The molecule has 1 fully saturated rings. The Balaban J connectivity index is 0.00000144. The molecule has 0 aromatic heterocycles. The molecule has 1 aromatic rings. The molecule has 0 radical (unpaired) electrons. The molecule has 0 atom stereocenters.